The Kier molecular flexibility index (Phi) is 7.96. The predicted molar refractivity (Wildman–Crippen MR) is 175 cm³/mol. The van der Waals surface area contributed by atoms with Gasteiger partial charge in [-0.05, 0) is 79.9 Å². The fourth-order valence-electron chi connectivity index (χ4n) is 5.38. The van der Waals surface area contributed by atoms with E-state index in [-0.39, 0.29) is 0 Å². The third-order valence-corrected chi connectivity index (χ3v) is 7.53. The molecule has 0 unspecified atom stereocenters. The molecule has 0 aromatic heterocycles. The molecule has 6 aromatic carbocycles. The van der Waals surface area contributed by atoms with Gasteiger partial charge in [-0.15, -0.1) is 0 Å². The van der Waals surface area contributed by atoms with Crippen molar-refractivity contribution in [3.63, 3.8) is 0 Å². The van der Waals surface area contributed by atoms with Crippen LogP contribution in [-0.2, 0) is 0 Å². The number of hydrogen-bond donors (Lipinski definition) is 0. The first-order valence-corrected chi connectivity index (χ1v) is 14.1. The zero-order valence-corrected chi connectivity index (χ0v) is 23.8. The molecule has 0 spiro atoms. The van der Waals surface area contributed by atoms with Gasteiger partial charge in [-0.2, -0.15) is 0 Å². The standard InChI is InChI=1S/C40H32O2/c1-41-37-17-9-15-35(27-37)29-19-23-33(24-20-29)39(31-11-5-3-6-12-31)40(32-13-7-4-8-14-32)34-25-21-30(22-26-34)36-16-10-18-38(28-36)42-2/h3-28H,1-2H3/b40-39+. The number of ether oxygens (including phenoxy) is 2. The maximum Gasteiger partial charge on any atom is 0.119 e. The van der Waals surface area contributed by atoms with Crippen LogP contribution in [0, 0.1) is 0 Å². The summed E-state index contributed by atoms with van der Waals surface area (Å²) in [6, 6.07) is 55.4. The van der Waals surface area contributed by atoms with Gasteiger partial charge >= 0.3 is 0 Å². The SMILES string of the molecule is COc1cccc(-c2ccc(/C(=C(\c3ccccc3)c3ccc(-c4cccc(OC)c4)cc3)c3ccccc3)cc2)c1. The monoisotopic (exact) mass is 544 g/mol. The van der Waals surface area contributed by atoms with Crippen molar-refractivity contribution in [2.75, 3.05) is 14.2 Å². The van der Waals surface area contributed by atoms with Crippen LogP contribution >= 0.6 is 0 Å². The normalized spacial score (nSPS) is 11.5. The van der Waals surface area contributed by atoms with E-state index in [2.05, 4.69) is 133 Å². The summed E-state index contributed by atoms with van der Waals surface area (Å²) in [5.41, 5.74) is 11.6. The Morgan fingerprint density at radius 1 is 0.333 bits per heavy atom. The number of methoxy groups -OCH3 is 2. The van der Waals surface area contributed by atoms with Gasteiger partial charge in [0, 0.05) is 0 Å². The van der Waals surface area contributed by atoms with Crippen LogP contribution in [0.1, 0.15) is 22.3 Å². The Bertz CT molecular complexity index is 1660. The highest BCUT2D eigenvalue weighted by atomic mass is 16.5. The molecule has 0 saturated heterocycles. The highest BCUT2D eigenvalue weighted by molar-refractivity contribution is 6.04. The fraction of sp³-hybridized carbons (Fsp3) is 0.0500. The lowest BCUT2D eigenvalue weighted by atomic mass is 9.85. The third-order valence-electron chi connectivity index (χ3n) is 7.53. The molecule has 0 fully saturated rings. The van der Waals surface area contributed by atoms with Crippen LogP contribution in [0.15, 0.2) is 158 Å². The van der Waals surface area contributed by atoms with Crippen molar-refractivity contribution in [2.24, 2.45) is 0 Å². The van der Waals surface area contributed by atoms with Gasteiger partial charge in [-0.3, -0.25) is 0 Å². The summed E-state index contributed by atoms with van der Waals surface area (Å²) in [6.07, 6.45) is 0. The lowest BCUT2D eigenvalue weighted by Gasteiger charge is -2.19. The first-order valence-electron chi connectivity index (χ1n) is 14.1. The van der Waals surface area contributed by atoms with E-state index in [9.17, 15) is 0 Å². The van der Waals surface area contributed by atoms with Gasteiger partial charge in [-0.25, -0.2) is 0 Å². The van der Waals surface area contributed by atoms with Crippen molar-refractivity contribution in [1.82, 2.24) is 0 Å². The quantitative estimate of drug-likeness (QED) is 0.178. The van der Waals surface area contributed by atoms with Gasteiger partial charge in [0.15, 0.2) is 0 Å². The summed E-state index contributed by atoms with van der Waals surface area (Å²) in [5, 5.41) is 0. The molecule has 0 aliphatic carbocycles. The average Bonchev–Trinajstić information content (AvgIpc) is 3.08. The van der Waals surface area contributed by atoms with Crippen LogP contribution < -0.4 is 9.47 Å². The second-order valence-corrected chi connectivity index (χ2v) is 10.1. The molecule has 0 bridgehead atoms. The number of benzene rings is 6. The minimum Gasteiger partial charge on any atom is -0.497 e. The summed E-state index contributed by atoms with van der Waals surface area (Å²) in [6.45, 7) is 0. The van der Waals surface area contributed by atoms with E-state index in [4.69, 9.17) is 9.47 Å². The van der Waals surface area contributed by atoms with E-state index in [1.54, 1.807) is 14.2 Å². The Morgan fingerprint density at radius 2 is 0.690 bits per heavy atom. The van der Waals surface area contributed by atoms with E-state index in [1.807, 2.05) is 24.3 Å². The van der Waals surface area contributed by atoms with E-state index in [0.717, 1.165) is 44.9 Å². The van der Waals surface area contributed by atoms with Gasteiger partial charge in [0.05, 0.1) is 14.2 Å². The first kappa shape index (κ1) is 26.9. The highest BCUT2D eigenvalue weighted by Gasteiger charge is 2.17. The second kappa shape index (κ2) is 12.4. The molecule has 0 heterocycles. The molecule has 0 N–H and O–H groups in total. The maximum absolute atomic E-state index is 5.46. The van der Waals surface area contributed by atoms with E-state index >= 15 is 0 Å². The first-order chi connectivity index (χ1) is 20.7. The molecule has 0 amide bonds. The van der Waals surface area contributed by atoms with Gasteiger partial charge in [0.1, 0.15) is 11.5 Å². The molecule has 0 saturated carbocycles. The lowest BCUT2D eigenvalue weighted by Crippen LogP contribution is -1.98. The highest BCUT2D eigenvalue weighted by Crippen LogP contribution is 2.38. The van der Waals surface area contributed by atoms with Crippen molar-refractivity contribution in [2.45, 2.75) is 0 Å². The Balaban J connectivity index is 1.52. The van der Waals surface area contributed by atoms with Crippen LogP contribution in [0.25, 0.3) is 33.4 Å². The maximum atomic E-state index is 5.46. The van der Waals surface area contributed by atoms with E-state index in [0.29, 0.717) is 0 Å². The molecule has 6 rings (SSSR count). The van der Waals surface area contributed by atoms with Crippen LogP contribution in [-0.4, -0.2) is 14.2 Å². The topological polar surface area (TPSA) is 18.5 Å². The Labute approximate surface area is 248 Å². The van der Waals surface area contributed by atoms with Gasteiger partial charge in [-0.1, -0.05) is 133 Å². The van der Waals surface area contributed by atoms with Crippen molar-refractivity contribution >= 4 is 11.1 Å². The molecule has 204 valence electrons. The summed E-state index contributed by atoms with van der Waals surface area (Å²) < 4.78 is 10.9. The molecule has 0 radical (unpaired) electrons. The van der Waals surface area contributed by atoms with Crippen LogP contribution in [0.3, 0.4) is 0 Å². The average molecular weight is 545 g/mol. The minimum atomic E-state index is 0.852. The summed E-state index contributed by atoms with van der Waals surface area (Å²) >= 11 is 0. The smallest absolute Gasteiger partial charge is 0.119 e. The summed E-state index contributed by atoms with van der Waals surface area (Å²) in [7, 11) is 3.40. The summed E-state index contributed by atoms with van der Waals surface area (Å²) in [5.74, 6) is 1.70. The van der Waals surface area contributed by atoms with E-state index in [1.165, 1.54) is 22.3 Å². The Morgan fingerprint density at radius 3 is 1.05 bits per heavy atom. The molecular formula is C40H32O2. The van der Waals surface area contributed by atoms with E-state index < -0.39 is 0 Å². The van der Waals surface area contributed by atoms with Crippen molar-refractivity contribution in [1.29, 1.82) is 0 Å². The zero-order chi connectivity index (χ0) is 28.7. The molecule has 0 aliphatic rings. The van der Waals surface area contributed by atoms with Crippen molar-refractivity contribution < 1.29 is 9.47 Å². The minimum absolute atomic E-state index is 0.852. The van der Waals surface area contributed by atoms with Crippen LogP contribution in [0.5, 0.6) is 11.5 Å². The third kappa shape index (κ3) is 5.75. The zero-order valence-electron chi connectivity index (χ0n) is 23.8. The van der Waals surface area contributed by atoms with Crippen LogP contribution in [0.2, 0.25) is 0 Å². The molecule has 0 aliphatic heterocycles. The predicted octanol–water partition coefficient (Wildman–Crippen LogP) is 10.0. The second-order valence-electron chi connectivity index (χ2n) is 10.1. The molecule has 2 nitrogen and oxygen atoms in total. The molecule has 0 atom stereocenters. The Hall–Kier alpha value is -5.34. The van der Waals surface area contributed by atoms with Gasteiger partial charge in [0.2, 0.25) is 0 Å². The van der Waals surface area contributed by atoms with Crippen molar-refractivity contribution in [3.8, 4) is 33.8 Å². The van der Waals surface area contributed by atoms with Crippen LogP contribution in [0.4, 0.5) is 0 Å². The molecular weight excluding hydrogens is 512 g/mol. The molecule has 6 aromatic rings. The van der Waals surface area contributed by atoms with Gasteiger partial charge < -0.3 is 9.47 Å². The number of hydrogen-bond acceptors (Lipinski definition) is 2. The number of rotatable bonds is 8. The lowest BCUT2D eigenvalue weighted by molar-refractivity contribution is 0.415. The van der Waals surface area contributed by atoms with Crippen molar-refractivity contribution in [3.05, 3.63) is 180 Å². The summed E-state index contributed by atoms with van der Waals surface area (Å²) in [4.78, 5) is 0. The fourth-order valence-corrected chi connectivity index (χ4v) is 5.38. The largest absolute Gasteiger partial charge is 0.497 e. The molecule has 2 heteroatoms. The van der Waals surface area contributed by atoms with Gasteiger partial charge in [0.25, 0.3) is 0 Å². The molecule has 42 heavy (non-hydrogen) atoms.